The number of pyridine rings is 1. The molecule has 7 nitrogen and oxygen atoms in total. The van der Waals surface area contributed by atoms with Crippen molar-refractivity contribution in [3.05, 3.63) is 52.0 Å². The van der Waals surface area contributed by atoms with Gasteiger partial charge >= 0.3 is 0 Å². The lowest BCUT2D eigenvalue weighted by molar-refractivity contribution is 0.00629. The van der Waals surface area contributed by atoms with Crippen molar-refractivity contribution in [3.63, 3.8) is 0 Å². The van der Waals surface area contributed by atoms with Crippen LogP contribution in [0.4, 0.5) is 0 Å². The number of carbonyl (C=O) groups excluding carboxylic acids is 1. The maximum Gasteiger partial charge on any atom is 0.255 e. The second kappa shape index (κ2) is 7.54. The predicted octanol–water partition coefficient (Wildman–Crippen LogP) is 1.90. The Hall–Kier alpha value is -2.41. The predicted molar refractivity (Wildman–Crippen MR) is 107 cm³/mol. The van der Waals surface area contributed by atoms with Crippen LogP contribution in [0, 0.1) is 0 Å². The number of rotatable bonds is 4. The summed E-state index contributed by atoms with van der Waals surface area (Å²) < 4.78 is 1.46. The van der Waals surface area contributed by atoms with Crippen molar-refractivity contribution in [1.82, 2.24) is 24.3 Å². The minimum absolute atomic E-state index is 0.00335. The lowest BCUT2D eigenvalue weighted by Gasteiger charge is -2.50. The summed E-state index contributed by atoms with van der Waals surface area (Å²) in [6, 6.07) is 3.09. The van der Waals surface area contributed by atoms with Crippen molar-refractivity contribution in [1.29, 1.82) is 0 Å². The Bertz CT molecular complexity index is 908. The zero-order chi connectivity index (χ0) is 19.7. The summed E-state index contributed by atoms with van der Waals surface area (Å²) in [5.41, 5.74) is 2.84. The van der Waals surface area contributed by atoms with Gasteiger partial charge in [-0.3, -0.25) is 14.5 Å². The zero-order valence-corrected chi connectivity index (χ0v) is 16.8. The molecule has 150 valence electrons. The van der Waals surface area contributed by atoms with E-state index in [2.05, 4.69) is 16.8 Å². The van der Waals surface area contributed by atoms with Crippen molar-refractivity contribution in [2.24, 2.45) is 7.05 Å². The first-order valence-electron chi connectivity index (χ1n) is 10.3. The van der Waals surface area contributed by atoms with Crippen LogP contribution in [-0.4, -0.2) is 56.4 Å². The number of likely N-dealkylation sites (tertiary alicyclic amines) is 1. The Balaban J connectivity index is 1.54. The Morgan fingerprint density at radius 3 is 2.75 bits per heavy atom. The first-order chi connectivity index (χ1) is 13.5. The summed E-state index contributed by atoms with van der Waals surface area (Å²) in [7, 11) is 1.68. The second-order valence-corrected chi connectivity index (χ2v) is 8.01. The molecule has 1 spiro atoms. The highest BCUT2D eigenvalue weighted by atomic mass is 16.2. The summed E-state index contributed by atoms with van der Waals surface area (Å²) in [6.45, 7) is 5.76. The summed E-state index contributed by atoms with van der Waals surface area (Å²) in [6.07, 6.45) is 8.62. The zero-order valence-electron chi connectivity index (χ0n) is 16.8. The molecule has 1 N–H and O–H groups in total. The Morgan fingerprint density at radius 2 is 2.04 bits per heavy atom. The number of H-pyrrole nitrogens is 1. The fourth-order valence-corrected chi connectivity index (χ4v) is 4.73. The molecule has 0 aliphatic carbocycles. The molecule has 7 heteroatoms. The van der Waals surface area contributed by atoms with Gasteiger partial charge in [-0.25, -0.2) is 4.98 Å². The lowest BCUT2D eigenvalue weighted by Crippen LogP contribution is -2.57. The normalized spacial score (nSPS) is 19.0. The lowest BCUT2D eigenvalue weighted by atomic mass is 9.78. The molecule has 0 atom stereocenters. The monoisotopic (exact) mass is 383 g/mol. The molecule has 2 aromatic heterocycles. The topological polar surface area (TPSA) is 74.2 Å². The quantitative estimate of drug-likeness (QED) is 0.875. The second-order valence-electron chi connectivity index (χ2n) is 8.01. The third-order valence-corrected chi connectivity index (χ3v) is 6.39. The van der Waals surface area contributed by atoms with Crippen LogP contribution in [0.3, 0.4) is 0 Å². The molecule has 4 heterocycles. The molecule has 1 fully saturated rings. The standard InChI is InChI=1S/C21H29N5O2/c1-3-4-10-26-11-7-17-19(23-15-22-17)21(26)8-12-25(13-9-21)20(28)16-5-6-18(27)24(2)14-16/h5-6,14-15H,3-4,7-13H2,1-2H3,(H,22,23). The average molecular weight is 383 g/mol. The van der Waals surface area contributed by atoms with Crippen LogP contribution in [0.25, 0.3) is 0 Å². The number of unbranched alkanes of at least 4 members (excludes halogenated alkanes) is 1. The van der Waals surface area contributed by atoms with Crippen LogP contribution >= 0.6 is 0 Å². The largest absolute Gasteiger partial charge is 0.348 e. The Morgan fingerprint density at radius 1 is 1.25 bits per heavy atom. The maximum atomic E-state index is 13.0. The SMILES string of the molecule is CCCCN1CCc2[nH]cnc2C12CCN(C(=O)c1ccc(=O)n(C)c1)CC2. The van der Waals surface area contributed by atoms with E-state index in [9.17, 15) is 9.59 Å². The van der Waals surface area contributed by atoms with Gasteiger partial charge in [0, 0.05) is 51.1 Å². The van der Waals surface area contributed by atoms with Gasteiger partial charge in [0.2, 0.25) is 5.56 Å². The molecule has 4 rings (SSSR count). The van der Waals surface area contributed by atoms with Crippen molar-refractivity contribution in [2.75, 3.05) is 26.2 Å². The van der Waals surface area contributed by atoms with Crippen LogP contribution < -0.4 is 5.56 Å². The number of aromatic nitrogens is 3. The van der Waals surface area contributed by atoms with Gasteiger partial charge in [0.1, 0.15) is 0 Å². The van der Waals surface area contributed by atoms with E-state index in [0.29, 0.717) is 18.7 Å². The number of piperidine rings is 1. The van der Waals surface area contributed by atoms with Gasteiger partial charge in [0.15, 0.2) is 0 Å². The van der Waals surface area contributed by atoms with Gasteiger partial charge in [0.25, 0.3) is 5.91 Å². The molecule has 0 saturated carbocycles. The van der Waals surface area contributed by atoms with E-state index in [1.54, 1.807) is 19.3 Å². The molecule has 0 bridgehead atoms. The van der Waals surface area contributed by atoms with E-state index in [-0.39, 0.29) is 17.0 Å². The molecule has 0 radical (unpaired) electrons. The minimum Gasteiger partial charge on any atom is -0.348 e. The van der Waals surface area contributed by atoms with Gasteiger partial charge < -0.3 is 14.5 Å². The smallest absolute Gasteiger partial charge is 0.255 e. The Kier molecular flexibility index (Phi) is 5.10. The number of hydrogen-bond donors (Lipinski definition) is 1. The summed E-state index contributed by atoms with van der Waals surface area (Å²) in [5.74, 6) is 0.00335. The van der Waals surface area contributed by atoms with E-state index >= 15 is 0 Å². The third-order valence-electron chi connectivity index (χ3n) is 6.39. The molecular weight excluding hydrogens is 354 g/mol. The highest BCUT2D eigenvalue weighted by Crippen LogP contribution is 2.42. The van der Waals surface area contributed by atoms with Gasteiger partial charge in [-0.1, -0.05) is 13.3 Å². The van der Waals surface area contributed by atoms with Crippen LogP contribution in [0.2, 0.25) is 0 Å². The van der Waals surface area contributed by atoms with Crippen LogP contribution in [0.5, 0.6) is 0 Å². The third kappa shape index (κ3) is 3.17. The summed E-state index contributed by atoms with van der Waals surface area (Å²) in [4.78, 5) is 37.1. The number of fused-ring (bicyclic) bond motifs is 2. The van der Waals surface area contributed by atoms with Crippen molar-refractivity contribution >= 4 is 5.91 Å². The molecule has 2 aliphatic heterocycles. The Labute approximate surface area is 165 Å². The minimum atomic E-state index is -0.103. The molecule has 1 saturated heterocycles. The first kappa shape index (κ1) is 18.9. The number of aromatic amines is 1. The first-order valence-corrected chi connectivity index (χ1v) is 10.3. The van der Waals surface area contributed by atoms with Crippen molar-refractivity contribution < 1.29 is 4.79 Å². The van der Waals surface area contributed by atoms with Crippen LogP contribution in [0.1, 0.15) is 54.4 Å². The van der Waals surface area contributed by atoms with Crippen LogP contribution in [0.15, 0.2) is 29.5 Å². The molecular formula is C21H29N5O2. The molecule has 0 unspecified atom stereocenters. The van der Waals surface area contributed by atoms with Crippen molar-refractivity contribution in [3.8, 4) is 0 Å². The van der Waals surface area contributed by atoms with Gasteiger partial charge in [0.05, 0.1) is 23.1 Å². The molecule has 28 heavy (non-hydrogen) atoms. The van der Waals surface area contributed by atoms with Crippen molar-refractivity contribution in [2.45, 2.75) is 44.6 Å². The maximum absolute atomic E-state index is 13.0. The van der Waals surface area contributed by atoms with Gasteiger partial charge in [-0.2, -0.15) is 0 Å². The van der Waals surface area contributed by atoms with E-state index in [0.717, 1.165) is 32.4 Å². The molecule has 2 aliphatic rings. The van der Waals surface area contributed by atoms with E-state index in [4.69, 9.17) is 4.98 Å². The van der Waals surface area contributed by atoms with E-state index in [1.807, 2.05) is 11.2 Å². The highest BCUT2D eigenvalue weighted by Gasteiger charge is 2.46. The molecule has 1 amide bonds. The summed E-state index contributed by atoms with van der Waals surface area (Å²) in [5, 5.41) is 0. The van der Waals surface area contributed by atoms with E-state index < -0.39 is 0 Å². The van der Waals surface area contributed by atoms with E-state index in [1.165, 1.54) is 34.9 Å². The number of carbonyl (C=O) groups is 1. The highest BCUT2D eigenvalue weighted by molar-refractivity contribution is 5.94. The number of hydrogen-bond acceptors (Lipinski definition) is 4. The fourth-order valence-electron chi connectivity index (χ4n) is 4.73. The number of aryl methyl sites for hydroxylation is 1. The summed E-state index contributed by atoms with van der Waals surface area (Å²) >= 11 is 0. The average Bonchev–Trinajstić information content (AvgIpc) is 3.20. The number of nitrogens with zero attached hydrogens (tertiary/aromatic N) is 4. The fraction of sp³-hybridized carbons (Fsp3) is 0.571. The number of imidazole rings is 1. The van der Waals surface area contributed by atoms with Gasteiger partial charge in [-0.15, -0.1) is 0 Å². The number of amides is 1. The van der Waals surface area contributed by atoms with Crippen LogP contribution in [-0.2, 0) is 19.0 Å². The molecule has 0 aromatic carbocycles. The van der Waals surface area contributed by atoms with Gasteiger partial charge in [-0.05, 0) is 31.9 Å². The number of nitrogens with one attached hydrogen (secondary N) is 1. The molecule has 2 aromatic rings.